The van der Waals surface area contributed by atoms with Crippen molar-refractivity contribution in [3.8, 4) is 0 Å². The summed E-state index contributed by atoms with van der Waals surface area (Å²) in [5, 5.41) is 6.41. The van der Waals surface area contributed by atoms with Crippen LogP contribution in [0, 0.1) is 11.3 Å². The van der Waals surface area contributed by atoms with Gasteiger partial charge in [0.25, 0.3) is 0 Å². The van der Waals surface area contributed by atoms with Crippen molar-refractivity contribution in [3.63, 3.8) is 0 Å². The molecule has 0 spiro atoms. The summed E-state index contributed by atoms with van der Waals surface area (Å²) >= 11 is 0. The number of hydrogen-bond acceptors (Lipinski definition) is 3. The first-order chi connectivity index (χ1) is 9.37. The number of nitrogens with zero attached hydrogens (tertiary/aromatic N) is 1. The molecule has 1 unspecified atom stereocenters. The van der Waals surface area contributed by atoms with Gasteiger partial charge in [-0.15, -0.1) is 0 Å². The zero-order chi connectivity index (χ0) is 15.0. The molecular formula is C16H33N3O. The van der Waals surface area contributed by atoms with Gasteiger partial charge in [-0.2, -0.15) is 0 Å². The Morgan fingerprint density at radius 3 is 2.55 bits per heavy atom. The Hall–Kier alpha value is -0.610. The topological polar surface area (TPSA) is 44.4 Å². The van der Waals surface area contributed by atoms with Crippen LogP contribution in [-0.4, -0.2) is 50.1 Å². The second kappa shape index (κ2) is 8.63. The lowest BCUT2D eigenvalue weighted by molar-refractivity contribution is -0.122. The third-order valence-electron chi connectivity index (χ3n) is 3.68. The molecule has 1 aliphatic rings. The zero-order valence-corrected chi connectivity index (χ0v) is 13.8. The van der Waals surface area contributed by atoms with Crippen LogP contribution in [0.3, 0.4) is 0 Å². The van der Waals surface area contributed by atoms with Gasteiger partial charge in [0.2, 0.25) is 5.91 Å². The van der Waals surface area contributed by atoms with E-state index in [4.69, 9.17) is 0 Å². The molecular weight excluding hydrogens is 250 g/mol. The molecule has 1 saturated heterocycles. The number of nitrogens with one attached hydrogen (secondary N) is 2. The van der Waals surface area contributed by atoms with Crippen molar-refractivity contribution in [3.05, 3.63) is 0 Å². The predicted octanol–water partition coefficient (Wildman–Crippen LogP) is 1.86. The Morgan fingerprint density at radius 1 is 1.30 bits per heavy atom. The molecule has 1 aliphatic heterocycles. The quantitative estimate of drug-likeness (QED) is 0.701. The third-order valence-corrected chi connectivity index (χ3v) is 3.68. The highest BCUT2D eigenvalue weighted by Gasteiger charge is 2.17. The van der Waals surface area contributed by atoms with Crippen LogP contribution >= 0.6 is 0 Å². The lowest BCUT2D eigenvalue weighted by Crippen LogP contribution is -2.44. The predicted molar refractivity (Wildman–Crippen MR) is 84.8 cm³/mol. The molecule has 0 saturated carbocycles. The molecule has 118 valence electrons. The van der Waals surface area contributed by atoms with Gasteiger partial charge in [0, 0.05) is 39.1 Å². The number of carbonyl (C=O) groups excluding carboxylic acids is 1. The lowest BCUT2D eigenvalue weighted by Gasteiger charge is -2.27. The van der Waals surface area contributed by atoms with E-state index in [1.807, 2.05) is 0 Å². The van der Waals surface area contributed by atoms with Gasteiger partial charge in [-0.05, 0) is 30.7 Å². The smallest absolute Gasteiger partial charge is 0.220 e. The Balaban J connectivity index is 2.04. The van der Waals surface area contributed by atoms with Crippen molar-refractivity contribution in [2.24, 2.45) is 11.3 Å². The van der Waals surface area contributed by atoms with Gasteiger partial charge >= 0.3 is 0 Å². The standard InChI is InChI=1S/C16H33N3O/c1-14(13-16(2,3)4)12-15(20)18-6-5-9-19-10-7-17-8-11-19/h14,17H,5-13H2,1-4H3,(H,18,20). The maximum absolute atomic E-state index is 11.9. The van der Waals surface area contributed by atoms with Crippen molar-refractivity contribution in [2.45, 2.75) is 47.0 Å². The fourth-order valence-corrected chi connectivity index (χ4v) is 2.97. The first-order valence-electron chi connectivity index (χ1n) is 8.06. The summed E-state index contributed by atoms with van der Waals surface area (Å²) < 4.78 is 0. The van der Waals surface area contributed by atoms with E-state index in [-0.39, 0.29) is 5.91 Å². The van der Waals surface area contributed by atoms with E-state index in [1.54, 1.807) is 0 Å². The number of piperazine rings is 1. The minimum atomic E-state index is 0.210. The van der Waals surface area contributed by atoms with Crippen molar-refractivity contribution in [1.29, 1.82) is 0 Å². The molecule has 1 fully saturated rings. The molecule has 0 aliphatic carbocycles. The molecule has 0 aromatic rings. The lowest BCUT2D eigenvalue weighted by atomic mass is 9.84. The van der Waals surface area contributed by atoms with Gasteiger partial charge < -0.3 is 15.5 Å². The van der Waals surface area contributed by atoms with Crippen LogP contribution in [0.25, 0.3) is 0 Å². The van der Waals surface area contributed by atoms with Crippen molar-refractivity contribution in [2.75, 3.05) is 39.3 Å². The summed E-state index contributed by atoms with van der Waals surface area (Å²) in [6, 6.07) is 0. The van der Waals surface area contributed by atoms with Crippen LogP contribution in [0.5, 0.6) is 0 Å². The fourth-order valence-electron chi connectivity index (χ4n) is 2.97. The molecule has 0 bridgehead atoms. The fraction of sp³-hybridized carbons (Fsp3) is 0.938. The van der Waals surface area contributed by atoms with Crippen LogP contribution in [0.1, 0.15) is 47.0 Å². The van der Waals surface area contributed by atoms with Crippen LogP contribution < -0.4 is 10.6 Å². The second-order valence-electron chi connectivity index (χ2n) is 7.37. The second-order valence-corrected chi connectivity index (χ2v) is 7.37. The van der Waals surface area contributed by atoms with Crippen LogP contribution in [0.4, 0.5) is 0 Å². The van der Waals surface area contributed by atoms with E-state index in [0.717, 1.165) is 52.1 Å². The van der Waals surface area contributed by atoms with Gasteiger partial charge in [0.1, 0.15) is 0 Å². The summed E-state index contributed by atoms with van der Waals surface area (Å²) in [5.74, 6) is 0.672. The third kappa shape index (κ3) is 8.54. The highest BCUT2D eigenvalue weighted by molar-refractivity contribution is 5.76. The van der Waals surface area contributed by atoms with E-state index in [2.05, 4.69) is 43.2 Å². The van der Waals surface area contributed by atoms with E-state index < -0.39 is 0 Å². The maximum Gasteiger partial charge on any atom is 0.220 e. The van der Waals surface area contributed by atoms with Gasteiger partial charge in [-0.25, -0.2) is 0 Å². The Morgan fingerprint density at radius 2 is 1.95 bits per heavy atom. The van der Waals surface area contributed by atoms with Gasteiger partial charge in [-0.3, -0.25) is 4.79 Å². The highest BCUT2D eigenvalue weighted by Crippen LogP contribution is 2.25. The Labute approximate surface area is 124 Å². The number of rotatable bonds is 7. The monoisotopic (exact) mass is 283 g/mol. The molecule has 1 atom stereocenters. The minimum absolute atomic E-state index is 0.210. The molecule has 1 amide bonds. The molecule has 0 radical (unpaired) electrons. The number of amides is 1. The molecule has 4 heteroatoms. The van der Waals surface area contributed by atoms with Crippen LogP contribution in [0.15, 0.2) is 0 Å². The summed E-state index contributed by atoms with van der Waals surface area (Å²) in [4.78, 5) is 14.3. The molecule has 0 aromatic carbocycles. The van der Waals surface area contributed by atoms with Crippen LogP contribution in [0.2, 0.25) is 0 Å². The van der Waals surface area contributed by atoms with E-state index >= 15 is 0 Å². The Kier molecular flexibility index (Phi) is 7.52. The SMILES string of the molecule is CC(CC(=O)NCCCN1CCNCC1)CC(C)(C)C. The first kappa shape index (κ1) is 17.4. The molecule has 1 rings (SSSR count). The van der Waals surface area contributed by atoms with Crippen molar-refractivity contribution in [1.82, 2.24) is 15.5 Å². The summed E-state index contributed by atoms with van der Waals surface area (Å²) in [7, 11) is 0. The maximum atomic E-state index is 11.9. The van der Waals surface area contributed by atoms with Gasteiger partial charge in [0.05, 0.1) is 0 Å². The van der Waals surface area contributed by atoms with Crippen molar-refractivity contribution < 1.29 is 4.79 Å². The molecule has 2 N–H and O–H groups in total. The summed E-state index contributed by atoms with van der Waals surface area (Å²) in [6.07, 6.45) is 2.81. The van der Waals surface area contributed by atoms with E-state index in [0.29, 0.717) is 17.8 Å². The van der Waals surface area contributed by atoms with Gasteiger partial charge in [-0.1, -0.05) is 27.7 Å². The first-order valence-corrected chi connectivity index (χ1v) is 8.06. The molecule has 0 aromatic heterocycles. The number of hydrogen-bond donors (Lipinski definition) is 2. The summed E-state index contributed by atoms with van der Waals surface area (Å²) in [5.41, 5.74) is 0.308. The minimum Gasteiger partial charge on any atom is -0.356 e. The van der Waals surface area contributed by atoms with Crippen molar-refractivity contribution >= 4 is 5.91 Å². The van der Waals surface area contributed by atoms with E-state index in [1.165, 1.54) is 0 Å². The Bertz CT molecular complexity index is 280. The molecule has 4 nitrogen and oxygen atoms in total. The number of carbonyl (C=O) groups is 1. The largest absolute Gasteiger partial charge is 0.356 e. The normalized spacial score (nSPS) is 18.8. The average Bonchev–Trinajstić information content (AvgIpc) is 2.33. The average molecular weight is 283 g/mol. The zero-order valence-electron chi connectivity index (χ0n) is 13.8. The van der Waals surface area contributed by atoms with E-state index in [9.17, 15) is 4.79 Å². The highest BCUT2D eigenvalue weighted by atomic mass is 16.1. The van der Waals surface area contributed by atoms with Crippen LogP contribution in [-0.2, 0) is 4.79 Å². The molecule has 1 heterocycles. The summed E-state index contributed by atoms with van der Waals surface area (Å²) in [6.45, 7) is 15.2. The van der Waals surface area contributed by atoms with Gasteiger partial charge in [0.15, 0.2) is 0 Å². The molecule has 20 heavy (non-hydrogen) atoms.